The molecule has 0 unspecified atom stereocenters. The number of hydrogen-bond acceptors (Lipinski definition) is 10. The highest BCUT2D eigenvalue weighted by atomic mass is 32.2. The van der Waals surface area contributed by atoms with Crippen LogP contribution in [0.5, 0.6) is 11.5 Å². The van der Waals surface area contributed by atoms with Gasteiger partial charge in [0.1, 0.15) is 11.9 Å². The highest BCUT2D eigenvalue weighted by Gasteiger charge is 2.29. The maximum atomic E-state index is 14.5. The molecule has 268 valence electrons. The zero-order chi connectivity index (χ0) is 35.5. The topological polar surface area (TPSA) is 170 Å². The van der Waals surface area contributed by atoms with Crippen LogP contribution in [0, 0.1) is 11.6 Å². The summed E-state index contributed by atoms with van der Waals surface area (Å²) in [5, 5.41) is 22.0. The zero-order valence-electron chi connectivity index (χ0n) is 27.5. The maximum absolute atomic E-state index is 14.5. The van der Waals surface area contributed by atoms with Gasteiger partial charge in [-0.25, -0.2) is 21.9 Å². The summed E-state index contributed by atoms with van der Waals surface area (Å²) in [6.07, 6.45) is 0.224. The van der Waals surface area contributed by atoms with Crippen molar-refractivity contribution in [2.24, 2.45) is 0 Å². The molecule has 0 aliphatic carbocycles. The van der Waals surface area contributed by atoms with Crippen LogP contribution in [0.4, 0.5) is 8.78 Å². The summed E-state index contributed by atoms with van der Waals surface area (Å²) in [4.78, 5) is 23.5. The van der Waals surface area contributed by atoms with E-state index in [0.717, 1.165) is 18.4 Å². The first-order chi connectivity index (χ1) is 22.9. The van der Waals surface area contributed by atoms with E-state index in [-0.39, 0.29) is 69.8 Å². The lowest BCUT2D eigenvalue weighted by Gasteiger charge is -2.16. The van der Waals surface area contributed by atoms with Crippen LogP contribution in [0.15, 0.2) is 46.9 Å². The van der Waals surface area contributed by atoms with Crippen molar-refractivity contribution in [1.82, 2.24) is 10.0 Å². The van der Waals surface area contributed by atoms with Crippen LogP contribution in [-0.2, 0) is 33.8 Å². The molecule has 0 aliphatic rings. The number of amides is 1. The minimum atomic E-state index is -3.88. The summed E-state index contributed by atoms with van der Waals surface area (Å²) in [5.74, 6) is -3.73. The van der Waals surface area contributed by atoms with Gasteiger partial charge in [0.15, 0.2) is 29.3 Å². The van der Waals surface area contributed by atoms with E-state index in [1.54, 1.807) is 6.08 Å². The minimum Gasteiger partial charge on any atom is -0.451 e. The lowest BCUT2D eigenvalue weighted by Crippen LogP contribution is -2.46. The highest BCUT2D eigenvalue weighted by Crippen LogP contribution is 2.30. The summed E-state index contributed by atoms with van der Waals surface area (Å²) in [6.45, 7) is 6.80. The van der Waals surface area contributed by atoms with Crippen LogP contribution in [-0.4, -0.2) is 95.3 Å². The summed E-state index contributed by atoms with van der Waals surface area (Å²) in [5.41, 5.74) is 1.33. The molecule has 0 bridgehead atoms. The Balaban J connectivity index is 1.58. The fourth-order valence-electron chi connectivity index (χ4n) is 3.99. The number of aliphatic hydroxyl groups is 2. The first-order valence-corrected chi connectivity index (χ1v) is 17.2. The Kier molecular flexibility index (Phi) is 18.4. The van der Waals surface area contributed by atoms with E-state index in [0.29, 0.717) is 12.0 Å². The quantitative estimate of drug-likeness (QED) is 0.119. The number of sulfonamides is 1. The first-order valence-electron chi connectivity index (χ1n) is 15.7. The van der Waals surface area contributed by atoms with Crippen molar-refractivity contribution in [3.63, 3.8) is 0 Å². The predicted octanol–water partition coefficient (Wildman–Crippen LogP) is 3.50. The number of nitrogens with one attached hydrogen (secondary N) is 2. The van der Waals surface area contributed by atoms with Gasteiger partial charge in [-0.15, -0.1) is 0 Å². The van der Waals surface area contributed by atoms with Crippen LogP contribution >= 0.6 is 0 Å². The molecule has 0 heterocycles. The molecular formula is C33H46F2N2O10S. The molecule has 12 nitrogen and oxygen atoms in total. The van der Waals surface area contributed by atoms with Gasteiger partial charge in [-0.3, -0.25) is 9.59 Å². The Morgan fingerprint density at radius 3 is 2.00 bits per heavy atom. The van der Waals surface area contributed by atoms with Crippen LogP contribution in [0.2, 0.25) is 0 Å². The number of benzene rings is 2. The van der Waals surface area contributed by atoms with E-state index >= 15 is 0 Å². The van der Waals surface area contributed by atoms with Gasteiger partial charge in [0.05, 0.1) is 44.5 Å². The second kappa shape index (κ2) is 21.6. The molecule has 0 radical (unpaired) electrons. The number of ketones is 1. The van der Waals surface area contributed by atoms with Gasteiger partial charge in [-0.1, -0.05) is 31.9 Å². The molecule has 0 saturated heterocycles. The Morgan fingerprint density at radius 1 is 0.875 bits per heavy atom. The number of carbonyl (C=O) groups is 2. The van der Waals surface area contributed by atoms with Gasteiger partial charge in [-0.2, -0.15) is 0 Å². The zero-order valence-corrected chi connectivity index (χ0v) is 28.3. The molecule has 4 N–H and O–H groups in total. The average Bonchev–Trinajstić information content (AvgIpc) is 3.06. The highest BCUT2D eigenvalue weighted by molar-refractivity contribution is 7.89. The molecular weight excluding hydrogens is 654 g/mol. The Labute approximate surface area is 280 Å². The SMILES string of the molecule is CCCCC(=O)[C@H](O)[C@@H](O)C(=O)NCCOCCOCCOCCNS(=O)(=O)c1ccc(Oc2c(F)cc(/C=C(\C)CC)cc2F)cc1. The van der Waals surface area contributed by atoms with Crippen LogP contribution in [0.3, 0.4) is 0 Å². The second-order valence-electron chi connectivity index (χ2n) is 10.7. The molecule has 0 aliphatic heterocycles. The molecule has 0 fully saturated rings. The van der Waals surface area contributed by atoms with E-state index in [1.807, 2.05) is 20.8 Å². The number of ether oxygens (including phenoxy) is 4. The van der Waals surface area contributed by atoms with E-state index in [9.17, 15) is 37.0 Å². The summed E-state index contributed by atoms with van der Waals surface area (Å²) in [6, 6.07) is 7.44. The molecule has 15 heteroatoms. The Bertz CT molecular complexity index is 1420. The maximum Gasteiger partial charge on any atom is 0.252 e. The van der Waals surface area contributed by atoms with Crippen molar-refractivity contribution < 1.29 is 55.9 Å². The fraction of sp³-hybridized carbons (Fsp3) is 0.515. The van der Waals surface area contributed by atoms with Crippen LogP contribution in [0.25, 0.3) is 6.08 Å². The van der Waals surface area contributed by atoms with Crippen molar-refractivity contribution in [2.75, 3.05) is 52.7 Å². The van der Waals surface area contributed by atoms with Crippen molar-refractivity contribution in [1.29, 1.82) is 0 Å². The number of hydrogen-bond donors (Lipinski definition) is 4. The number of allylic oxidation sites excluding steroid dienone is 1. The molecule has 2 atom stereocenters. The van der Waals surface area contributed by atoms with E-state index < -0.39 is 51.3 Å². The normalized spacial score (nSPS) is 13.3. The largest absolute Gasteiger partial charge is 0.451 e. The van der Waals surface area contributed by atoms with E-state index in [2.05, 4.69) is 10.0 Å². The van der Waals surface area contributed by atoms with Crippen molar-refractivity contribution in [2.45, 2.75) is 63.6 Å². The lowest BCUT2D eigenvalue weighted by atomic mass is 10.0. The molecule has 2 aromatic rings. The van der Waals surface area contributed by atoms with E-state index in [4.69, 9.17) is 18.9 Å². The van der Waals surface area contributed by atoms with E-state index in [1.165, 1.54) is 36.4 Å². The smallest absolute Gasteiger partial charge is 0.252 e. The number of Topliss-reactive ketones (excluding diaryl/α,β-unsaturated/α-hetero) is 1. The molecule has 2 rings (SSSR count). The molecule has 1 amide bonds. The van der Waals surface area contributed by atoms with Gasteiger partial charge in [-0.05, 0) is 61.7 Å². The third kappa shape index (κ3) is 14.4. The van der Waals surface area contributed by atoms with Gasteiger partial charge in [0, 0.05) is 19.5 Å². The number of halogens is 2. The number of carbonyl (C=O) groups excluding carboxylic acids is 2. The standard InChI is InChI=1S/C33H46F2N2O10S/c1-4-6-7-29(38)30(39)31(40)33(41)36-12-14-44-16-18-46-19-17-45-15-13-37-48(42,43)26-10-8-25(9-11-26)47-32-27(34)21-24(22-28(32)35)20-23(3)5-2/h8-11,20-22,30-31,37,39-40H,4-7,12-19H2,1-3H3,(H,36,41)/b23-20+/t30-,31+/m0/s1. The predicted molar refractivity (Wildman–Crippen MR) is 174 cm³/mol. The monoisotopic (exact) mass is 700 g/mol. The number of aliphatic hydroxyl groups excluding tert-OH is 2. The third-order valence-electron chi connectivity index (χ3n) is 6.85. The van der Waals surface area contributed by atoms with Gasteiger partial charge >= 0.3 is 0 Å². The van der Waals surface area contributed by atoms with Crippen molar-refractivity contribution in [3.05, 3.63) is 59.2 Å². The van der Waals surface area contributed by atoms with Crippen LogP contribution < -0.4 is 14.8 Å². The Morgan fingerprint density at radius 2 is 1.44 bits per heavy atom. The number of rotatable bonds is 24. The Hall–Kier alpha value is -3.31. The van der Waals surface area contributed by atoms with Crippen LogP contribution in [0.1, 0.15) is 52.0 Å². The minimum absolute atomic E-state index is 0.0111. The molecule has 0 saturated carbocycles. The van der Waals surface area contributed by atoms with Gasteiger partial charge < -0.3 is 34.5 Å². The van der Waals surface area contributed by atoms with Gasteiger partial charge in [0.2, 0.25) is 10.0 Å². The molecule has 2 aromatic carbocycles. The average molecular weight is 701 g/mol. The summed E-state index contributed by atoms with van der Waals surface area (Å²) < 4.78 is 77.9. The molecule has 48 heavy (non-hydrogen) atoms. The van der Waals surface area contributed by atoms with Gasteiger partial charge in [0.25, 0.3) is 5.91 Å². The fourth-order valence-corrected chi connectivity index (χ4v) is 5.01. The third-order valence-corrected chi connectivity index (χ3v) is 8.32. The second-order valence-corrected chi connectivity index (χ2v) is 12.5. The molecule has 0 aromatic heterocycles. The first kappa shape index (κ1) is 40.9. The molecule has 0 spiro atoms. The van der Waals surface area contributed by atoms with Crippen molar-refractivity contribution >= 4 is 27.8 Å². The van der Waals surface area contributed by atoms with Crippen molar-refractivity contribution in [3.8, 4) is 11.5 Å². The lowest BCUT2D eigenvalue weighted by molar-refractivity contribution is -0.145. The summed E-state index contributed by atoms with van der Waals surface area (Å²) >= 11 is 0. The summed E-state index contributed by atoms with van der Waals surface area (Å²) in [7, 11) is -3.88. The number of unbranched alkanes of at least 4 members (excludes halogenated alkanes) is 1.